The van der Waals surface area contributed by atoms with Crippen molar-refractivity contribution in [3.8, 4) is 18.1 Å². The lowest BCUT2D eigenvalue weighted by Gasteiger charge is -2.11. The number of terminal acetylenes is 1. The van der Waals surface area contributed by atoms with Crippen LogP contribution in [-0.4, -0.2) is 19.2 Å². The summed E-state index contributed by atoms with van der Waals surface area (Å²) in [4.78, 5) is 11.5. The Morgan fingerprint density at radius 3 is 2.88 bits per heavy atom. The normalized spacial score (nSPS) is 9.47. The van der Waals surface area contributed by atoms with Gasteiger partial charge in [-0.3, -0.25) is 0 Å². The van der Waals surface area contributed by atoms with Gasteiger partial charge in [0.25, 0.3) is 0 Å². The minimum atomic E-state index is -0.825. The molecule has 0 heterocycles. The lowest BCUT2D eigenvalue weighted by atomic mass is 10.1. The molecule has 0 radical (unpaired) electrons. The monoisotopic (exact) mass is 237 g/mol. The molecule has 1 aromatic rings. The van der Waals surface area contributed by atoms with Crippen LogP contribution in [0.5, 0.6) is 5.75 Å². The number of esters is 1. The molecule has 0 aliphatic heterocycles. The third-order valence-corrected chi connectivity index (χ3v) is 1.95. The molecule has 90 valence electrons. The molecule has 0 aromatic heterocycles. The topological polar surface area (TPSA) is 61.5 Å². The number of benzene rings is 1. The van der Waals surface area contributed by atoms with Crippen LogP contribution in [0.4, 0.5) is 10.1 Å². The van der Waals surface area contributed by atoms with Crippen LogP contribution in [0.25, 0.3) is 0 Å². The number of halogens is 1. The smallest absolute Gasteiger partial charge is 0.343 e. The predicted octanol–water partition coefficient (Wildman–Crippen LogP) is 1.60. The fourth-order valence-electron chi connectivity index (χ4n) is 1.23. The van der Waals surface area contributed by atoms with Gasteiger partial charge in [0.2, 0.25) is 0 Å². The molecule has 0 bridgehead atoms. The Bertz CT molecular complexity index is 466. The molecule has 17 heavy (non-hydrogen) atoms. The van der Waals surface area contributed by atoms with Crippen molar-refractivity contribution in [2.75, 3.05) is 18.9 Å². The number of carbonyl (C=O) groups is 1. The highest BCUT2D eigenvalue weighted by atomic mass is 19.1. The summed E-state index contributed by atoms with van der Waals surface area (Å²) in [7, 11) is 0. The molecule has 1 aromatic carbocycles. The number of carbonyl (C=O) groups excluding carboxylic acids is 1. The molecule has 0 aliphatic rings. The number of hydrogen-bond donors (Lipinski definition) is 1. The van der Waals surface area contributed by atoms with Crippen molar-refractivity contribution in [2.45, 2.75) is 6.92 Å². The van der Waals surface area contributed by atoms with Gasteiger partial charge in [0.05, 0.1) is 12.3 Å². The number of nitrogen functional groups attached to an aromatic ring is 1. The minimum absolute atomic E-state index is 0.0158. The Hall–Kier alpha value is -2.22. The molecule has 0 aliphatic carbocycles. The lowest BCUT2D eigenvalue weighted by Crippen LogP contribution is -2.12. The third kappa shape index (κ3) is 2.88. The largest absolute Gasteiger partial charge is 0.479 e. The molecule has 0 atom stereocenters. The van der Waals surface area contributed by atoms with Gasteiger partial charge in [-0.05, 0) is 19.1 Å². The molecule has 0 amide bonds. The molecule has 0 unspecified atom stereocenters. The van der Waals surface area contributed by atoms with E-state index in [-0.39, 0.29) is 30.2 Å². The molecular formula is C12H12FNO3. The first kappa shape index (κ1) is 12.8. The summed E-state index contributed by atoms with van der Waals surface area (Å²) in [6, 6.07) is 2.39. The van der Waals surface area contributed by atoms with Gasteiger partial charge in [-0.15, -0.1) is 6.42 Å². The van der Waals surface area contributed by atoms with Crippen molar-refractivity contribution >= 4 is 11.7 Å². The molecule has 0 saturated carbocycles. The highest BCUT2D eigenvalue weighted by Crippen LogP contribution is 2.28. The van der Waals surface area contributed by atoms with Crippen molar-refractivity contribution in [3.05, 3.63) is 23.5 Å². The van der Waals surface area contributed by atoms with Gasteiger partial charge < -0.3 is 15.2 Å². The maximum atomic E-state index is 13.4. The van der Waals surface area contributed by atoms with Crippen molar-refractivity contribution in [1.29, 1.82) is 0 Å². The highest BCUT2D eigenvalue weighted by Gasteiger charge is 2.19. The van der Waals surface area contributed by atoms with Crippen LogP contribution in [0.1, 0.15) is 17.3 Å². The Morgan fingerprint density at radius 1 is 1.59 bits per heavy atom. The second kappa shape index (κ2) is 5.75. The number of rotatable bonds is 4. The van der Waals surface area contributed by atoms with Crippen molar-refractivity contribution < 1.29 is 18.7 Å². The van der Waals surface area contributed by atoms with E-state index >= 15 is 0 Å². The molecule has 1 rings (SSSR count). The zero-order valence-corrected chi connectivity index (χ0v) is 9.33. The van der Waals surface area contributed by atoms with Gasteiger partial charge in [-0.25, -0.2) is 9.18 Å². The van der Waals surface area contributed by atoms with Gasteiger partial charge in [0, 0.05) is 0 Å². The zero-order valence-electron chi connectivity index (χ0n) is 9.33. The zero-order chi connectivity index (χ0) is 12.8. The van der Waals surface area contributed by atoms with Crippen LogP contribution in [-0.2, 0) is 4.74 Å². The first-order chi connectivity index (χ1) is 8.11. The van der Waals surface area contributed by atoms with Crippen LogP contribution in [0.15, 0.2) is 12.1 Å². The molecule has 5 heteroatoms. The standard InChI is InChI=1S/C12H12FNO3/c1-3-7-17-9-6-5-8(13)10(11(9)14)12(15)16-4-2/h1,5-6H,4,7,14H2,2H3. The number of nitrogens with two attached hydrogens (primary N) is 1. The van der Waals surface area contributed by atoms with Crippen LogP contribution in [0.2, 0.25) is 0 Å². The quantitative estimate of drug-likeness (QED) is 0.491. The second-order valence-corrected chi connectivity index (χ2v) is 3.05. The third-order valence-electron chi connectivity index (χ3n) is 1.95. The summed E-state index contributed by atoms with van der Waals surface area (Å²) in [6.07, 6.45) is 5.02. The average Bonchev–Trinajstić information content (AvgIpc) is 2.28. The van der Waals surface area contributed by atoms with E-state index in [2.05, 4.69) is 5.92 Å². The second-order valence-electron chi connectivity index (χ2n) is 3.05. The summed E-state index contributed by atoms with van der Waals surface area (Å²) < 4.78 is 23.2. The van der Waals surface area contributed by atoms with Gasteiger partial charge in [0.15, 0.2) is 0 Å². The van der Waals surface area contributed by atoms with E-state index in [0.717, 1.165) is 6.07 Å². The molecule has 2 N–H and O–H groups in total. The number of ether oxygens (including phenoxy) is 2. The predicted molar refractivity (Wildman–Crippen MR) is 61.1 cm³/mol. The summed E-state index contributed by atoms with van der Waals surface area (Å²) in [6.45, 7) is 1.73. The fraction of sp³-hybridized carbons (Fsp3) is 0.250. The van der Waals surface area contributed by atoms with E-state index in [0.29, 0.717) is 0 Å². The molecular weight excluding hydrogens is 225 g/mol. The van der Waals surface area contributed by atoms with E-state index < -0.39 is 11.8 Å². The van der Waals surface area contributed by atoms with Gasteiger partial charge in [0.1, 0.15) is 23.7 Å². The Balaban J connectivity index is 3.11. The van der Waals surface area contributed by atoms with Crippen molar-refractivity contribution in [3.63, 3.8) is 0 Å². The molecule has 0 saturated heterocycles. The first-order valence-corrected chi connectivity index (χ1v) is 4.93. The Kier molecular flexibility index (Phi) is 4.35. The Morgan fingerprint density at radius 2 is 2.29 bits per heavy atom. The molecule has 4 nitrogen and oxygen atoms in total. The summed E-state index contributed by atoms with van der Waals surface area (Å²) in [5, 5.41) is 0. The van der Waals surface area contributed by atoms with Crippen LogP contribution in [0.3, 0.4) is 0 Å². The van der Waals surface area contributed by atoms with E-state index in [9.17, 15) is 9.18 Å². The SMILES string of the molecule is C#CCOc1ccc(F)c(C(=O)OCC)c1N. The van der Waals surface area contributed by atoms with E-state index in [1.165, 1.54) is 6.07 Å². The van der Waals surface area contributed by atoms with E-state index in [4.69, 9.17) is 21.6 Å². The highest BCUT2D eigenvalue weighted by molar-refractivity contribution is 5.96. The number of hydrogen-bond acceptors (Lipinski definition) is 4. The summed E-state index contributed by atoms with van der Waals surface area (Å²) in [5.41, 5.74) is 5.18. The fourth-order valence-corrected chi connectivity index (χ4v) is 1.23. The summed E-state index contributed by atoms with van der Waals surface area (Å²) in [5.74, 6) is 0.823. The maximum absolute atomic E-state index is 13.4. The molecule has 0 spiro atoms. The van der Waals surface area contributed by atoms with Gasteiger partial charge >= 0.3 is 5.97 Å². The van der Waals surface area contributed by atoms with E-state index in [1.54, 1.807) is 6.92 Å². The summed E-state index contributed by atoms with van der Waals surface area (Å²) >= 11 is 0. The van der Waals surface area contributed by atoms with Crippen LogP contribution < -0.4 is 10.5 Å². The number of anilines is 1. The van der Waals surface area contributed by atoms with Crippen molar-refractivity contribution in [1.82, 2.24) is 0 Å². The minimum Gasteiger partial charge on any atom is -0.479 e. The van der Waals surface area contributed by atoms with Gasteiger partial charge in [-0.1, -0.05) is 5.92 Å². The van der Waals surface area contributed by atoms with Crippen LogP contribution in [0, 0.1) is 18.2 Å². The van der Waals surface area contributed by atoms with Crippen molar-refractivity contribution in [2.24, 2.45) is 0 Å². The molecule has 0 fully saturated rings. The average molecular weight is 237 g/mol. The maximum Gasteiger partial charge on any atom is 0.343 e. The van der Waals surface area contributed by atoms with Crippen LogP contribution >= 0.6 is 0 Å². The first-order valence-electron chi connectivity index (χ1n) is 4.93. The Labute approximate surface area is 98.5 Å². The van der Waals surface area contributed by atoms with E-state index in [1.807, 2.05) is 0 Å². The lowest BCUT2D eigenvalue weighted by molar-refractivity contribution is 0.0522. The van der Waals surface area contributed by atoms with Gasteiger partial charge in [-0.2, -0.15) is 0 Å².